The van der Waals surface area contributed by atoms with Crippen LogP contribution in [0.2, 0.25) is 0 Å². The zero-order valence-corrected chi connectivity index (χ0v) is 14.8. The third-order valence-corrected chi connectivity index (χ3v) is 2.91. The van der Waals surface area contributed by atoms with Crippen molar-refractivity contribution in [1.29, 1.82) is 0 Å². The fourth-order valence-corrected chi connectivity index (χ4v) is 1.68. The van der Waals surface area contributed by atoms with Crippen LogP contribution in [0, 0.1) is 0 Å². The zero-order chi connectivity index (χ0) is 17.6. The van der Waals surface area contributed by atoms with Gasteiger partial charge in [0.05, 0.1) is 0 Å². The summed E-state index contributed by atoms with van der Waals surface area (Å²) in [5, 5.41) is 0. The minimum atomic E-state index is -0.508. The van der Waals surface area contributed by atoms with Crippen LogP contribution < -0.4 is 4.74 Å². The van der Waals surface area contributed by atoms with E-state index in [1.54, 1.807) is 33.3 Å². The predicted octanol–water partition coefficient (Wildman–Crippen LogP) is 3.16. The van der Waals surface area contributed by atoms with E-state index in [1.807, 2.05) is 32.9 Å². The molecule has 0 saturated carbocycles. The normalized spacial score (nSPS) is 10.9. The summed E-state index contributed by atoms with van der Waals surface area (Å²) >= 11 is 0. The molecule has 1 aromatic rings. The molecule has 1 rings (SSSR count). The number of likely N-dealkylation sites (N-methyl/N-ethyl adjacent to an activating group) is 1. The van der Waals surface area contributed by atoms with Gasteiger partial charge in [0, 0.05) is 27.7 Å². The van der Waals surface area contributed by atoms with Crippen LogP contribution in [-0.2, 0) is 11.2 Å². The molecule has 0 atom stereocenters. The van der Waals surface area contributed by atoms with Gasteiger partial charge in [0.2, 0.25) is 0 Å². The third kappa shape index (κ3) is 7.04. The smallest absolute Gasteiger partial charge is 0.414 e. The molecule has 0 bridgehead atoms. The van der Waals surface area contributed by atoms with E-state index in [0.717, 1.165) is 5.56 Å². The molecule has 1 aromatic carbocycles. The second-order valence-electron chi connectivity index (χ2n) is 6.56. The number of carbonyl (C=O) groups excluding carboxylic acids is 2. The van der Waals surface area contributed by atoms with Crippen LogP contribution in [0.25, 0.3) is 0 Å². The van der Waals surface area contributed by atoms with Crippen molar-refractivity contribution in [3.8, 4) is 5.75 Å². The molecule has 0 heterocycles. The summed E-state index contributed by atoms with van der Waals surface area (Å²) in [6.45, 7) is 6.02. The van der Waals surface area contributed by atoms with Gasteiger partial charge in [-0.25, -0.2) is 9.59 Å². The first-order valence-corrected chi connectivity index (χ1v) is 7.50. The Morgan fingerprint density at radius 2 is 1.74 bits per heavy atom. The number of carbonyl (C=O) groups is 2. The maximum atomic E-state index is 11.9. The minimum Gasteiger partial charge on any atom is -0.444 e. The SMILES string of the molecule is CN(C)C(=O)Oc1cccc(CCN(C)C(=O)OC(C)(C)C)c1. The minimum absolute atomic E-state index is 0.354. The topological polar surface area (TPSA) is 59.1 Å². The Balaban J connectivity index is 2.58. The lowest BCUT2D eigenvalue weighted by molar-refractivity contribution is 0.0301. The summed E-state index contributed by atoms with van der Waals surface area (Å²) < 4.78 is 10.5. The van der Waals surface area contributed by atoms with Crippen molar-refractivity contribution >= 4 is 12.2 Å². The highest BCUT2D eigenvalue weighted by molar-refractivity contribution is 5.70. The maximum absolute atomic E-state index is 11.9. The molecular weight excluding hydrogens is 296 g/mol. The highest BCUT2D eigenvalue weighted by Gasteiger charge is 2.19. The summed E-state index contributed by atoms with van der Waals surface area (Å²) in [5.41, 5.74) is 0.468. The molecule has 0 N–H and O–H groups in total. The Morgan fingerprint density at radius 3 is 2.30 bits per heavy atom. The van der Waals surface area contributed by atoms with Crippen molar-refractivity contribution in [2.75, 3.05) is 27.7 Å². The summed E-state index contributed by atoms with van der Waals surface area (Å²) in [7, 11) is 4.95. The number of hydrogen-bond donors (Lipinski definition) is 0. The van der Waals surface area contributed by atoms with Crippen LogP contribution in [0.5, 0.6) is 5.75 Å². The van der Waals surface area contributed by atoms with Crippen molar-refractivity contribution in [3.63, 3.8) is 0 Å². The van der Waals surface area contributed by atoms with E-state index < -0.39 is 11.7 Å². The molecule has 2 amide bonds. The maximum Gasteiger partial charge on any atom is 0.414 e. The van der Waals surface area contributed by atoms with E-state index in [0.29, 0.717) is 18.7 Å². The van der Waals surface area contributed by atoms with Crippen molar-refractivity contribution in [1.82, 2.24) is 9.80 Å². The van der Waals surface area contributed by atoms with Gasteiger partial charge >= 0.3 is 12.2 Å². The molecule has 6 heteroatoms. The van der Waals surface area contributed by atoms with Gasteiger partial charge in [0.1, 0.15) is 11.4 Å². The molecule has 6 nitrogen and oxygen atoms in total. The predicted molar refractivity (Wildman–Crippen MR) is 88.7 cm³/mol. The highest BCUT2D eigenvalue weighted by Crippen LogP contribution is 2.15. The molecule has 23 heavy (non-hydrogen) atoms. The van der Waals surface area contributed by atoms with Crippen molar-refractivity contribution < 1.29 is 19.1 Å². The molecule has 0 radical (unpaired) electrons. The lowest BCUT2D eigenvalue weighted by atomic mass is 10.1. The Bertz CT molecular complexity index is 550. The van der Waals surface area contributed by atoms with Gasteiger partial charge in [0.25, 0.3) is 0 Å². The lowest BCUT2D eigenvalue weighted by Crippen LogP contribution is -2.35. The highest BCUT2D eigenvalue weighted by atomic mass is 16.6. The third-order valence-electron chi connectivity index (χ3n) is 2.91. The Morgan fingerprint density at radius 1 is 1.09 bits per heavy atom. The number of amides is 2. The zero-order valence-electron chi connectivity index (χ0n) is 14.8. The average molecular weight is 322 g/mol. The van der Waals surface area contributed by atoms with Gasteiger partial charge in [-0.2, -0.15) is 0 Å². The number of hydrogen-bond acceptors (Lipinski definition) is 4. The first-order chi connectivity index (χ1) is 10.6. The van der Waals surface area contributed by atoms with Gasteiger partial charge in [-0.1, -0.05) is 12.1 Å². The monoisotopic (exact) mass is 322 g/mol. The van der Waals surface area contributed by atoms with E-state index in [4.69, 9.17) is 9.47 Å². The molecule has 0 aliphatic heterocycles. The van der Waals surface area contributed by atoms with Crippen LogP contribution >= 0.6 is 0 Å². The second kappa shape index (κ2) is 7.85. The van der Waals surface area contributed by atoms with Gasteiger partial charge < -0.3 is 19.3 Å². The molecule has 128 valence electrons. The van der Waals surface area contributed by atoms with Crippen LogP contribution in [0.15, 0.2) is 24.3 Å². The summed E-state index contributed by atoms with van der Waals surface area (Å²) in [6, 6.07) is 7.27. The van der Waals surface area contributed by atoms with E-state index in [2.05, 4.69) is 0 Å². The number of ether oxygens (including phenoxy) is 2. The van der Waals surface area contributed by atoms with Crippen LogP contribution in [0.1, 0.15) is 26.3 Å². The molecule has 0 saturated heterocycles. The molecule has 0 unspecified atom stereocenters. The van der Waals surface area contributed by atoms with Crippen molar-refractivity contribution in [3.05, 3.63) is 29.8 Å². The van der Waals surface area contributed by atoms with E-state index in [1.165, 1.54) is 9.80 Å². The summed E-state index contributed by atoms with van der Waals surface area (Å²) in [6.07, 6.45) is -0.135. The van der Waals surface area contributed by atoms with E-state index in [-0.39, 0.29) is 6.09 Å². The summed E-state index contributed by atoms with van der Waals surface area (Å²) in [4.78, 5) is 26.3. The second-order valence-corrected chi connectivity index (χ2v) is 6.56. The number of rotatable bonds is 4. The lowest BCUT2D eigenvalue weighted by Gasteiger charge is -2.24. The van der Waals surface area contributed by atoms with Crippen molar-refractivity contribution in [2.24, 2.45) is 0 Å². The van der Waals surface area contributed by atoms with Gasteiger partial charge in [-0.05, 0) is 44.9 Å². The Kier molecular flexibility index (Phi) is 6.42. The molecule has 0 aliphatic rings. The van der Waals surface area contributed by atoms with Crippen molar-refractivity contribution in [2.45, 2.75) is 32.8 Å². The van der Waals surface area contributed by atoms with Gasteiger partial charge in [-0.3, -0.25) is 0 Å². The Labute approximate surface area is 138 Å². The van der Waals surface area contributed by atoms with Crippen LogP contribution in [0.3, 0.4) is 0 Å². The molecular formula is C17H26N2O4. The molecule has 0 spiro atoms. The fraction of sp³-hybridized carbons (Fsp3) is 0.529. The van der Waals surface area contributed by atoms with E-state index in [9.17, 15) is 9.59 Å². The van der Waals surface area contributed by atoms with Crippen LogP contribution in [0.4, 0.5) is 9.59 Å². The molecule has 0 aliphatic carbocycles. The quantitative estimate of drug-likeness (QED) is 0.854. The largest absolute Gasteiger partial charge is 0.444 e. The average Bonchev–Trinajstić information content (AvgIpc) is 2.43. The summed E-state index contributed by atoms with van der Waals surface area (Å²) in [5.74, 6) is 0.487. The number of benzene rings is 1. The molecule has 0 aromatic heterocycles. The molecule has 0 fully saturated rings. The first kappa shape index (κ1) is 18.8. The van der Waals surface area contributed by atoms with Gasteiger partial charge in [0.15, 0.2) is 0 Å². The first-order valence-electron chi connectivity index (χ1n) is 7.50. The Hall–Kier alpha value is -2.24. The van der Waals surface area contributed by atoms with Gasteiger partial charge in [-0.15, -0.1) is 0 Å². The van der Waals surface area contributed by atoms with Crippen LogP contribution in [-0.4, -0.2) is 55.3 Å². The fourth-order valence-electron chi connectivity index (χ4n) is 1.68. The van der Waals surface area contributed by atoms with E-state index >= 15 is 0 Å². The standard InChI is InChI=1S/C17H26N2O4/c1-17(2,3)23-16(21)19(6)11-10-13-8-7-9-14(12-13)22-15(20)18(4)5/h7-9,12H,10-11H2,1-6H3. The number of nitrogens with zero attached hydrogens (tertiary/aromatic N) is 2.